The largest absolute Gasteiger partial charge is 0.336 e. The fraction of sp³-hybridized carbons (Fsp3) is 0.160. The molecule has 1 aliphatic heterocycles. The number of thiocarbonyl (C=S) groups is 1. The average Bonchev–Trinajstić information content (AvgIpc) is 3.07. The molecule has 1 atom stereocenters. The number of rotatable bonds is 8. The third kappa shape index (κ3) is 5.73. The molecule has 1 saturated heterocycles. The molecule has 3 aromatic rings. The summed E-state index contributed by atoms with van der Waals surface area (Å²) in [5.41, 5.74) is 2.13. The van der Waals surface area contributed by atoms with Gasteiger partial charge in [0.2, 0.25) is 15.9 Å². The van der Waals surface area contributed by atoms with E-state index in [0.717, 1.165) is 5.56 Å². The lowest BCUT2D eigenvalue weighted by atomic mass is 10.1. The van der Waals surface area contributed by atoms with Crippen molar-refractivity contribution < 1.29 is 18.0 Å². The maximum atomic E-state index is 13.4. The van der Waals surface area contributed by atoms with Crippen LogP contribution >= 0.6 is 12.2 Å². The minimum atomic E-state index is -3.78. The number of nitrogens with zero attached hydrogens (tertiary/aromatic N) is 2. The second-order valence-electron chi connectivity index (χ2n) is 8.06. The van der Waals surface area contributed by atoms with Crippen LogP contribution < -0.4 is 15.4 Å². The van der Waals surface area contributed by atoms with Gasteiger partial charge in [0, 0.05) is 12.2 Å². The maximum Gasteiger partial charge on any atom is 0.256 e. The van der Waals surface area contributed by atoms with E-state index in [9.17, 15) is 18.0 Å². The molecule has 2 amide bonds. The Morgan fingerprint density at radius 2 is 1.54 bits per heavy atom. The fourth-order valence-corrected chi connectivity index (χ4v) is 4.84. The number of anilines is 2. The van der Waals surface area contributed by atoms with Crippen molar-refractivity contribution in [3.05, 3.63) is 90.5 Å². The predicted molar refractivity (Wildman–Crippen MR) is 138 cm³/mol. The van der Waals surface area contributed by atoms with Gasteiger partial charge in [-0.1, -0.05) is 48.5 Å². The van der Waals surface area contributed by atoms with Gasteiger partial charge >= 0.3 is 0 Å². The number of nitrogens with one attached hydrogen (secondary N) is 1. The molecule has 0 saturated carbocycles. The first-order valence-corrected chi connectivity index (χ1v) is 12.9. The van der Waals surface area contributed by atoms with Gasteiger partial charge in [-0.15, -0.1) is 0 Å². The number of sulfonamides is 1. The summed E-state index contributed by atoms with van der Waals surface area (Å²) in [6.45, 7) is 0.367. The number of primary sulfonamides is 1. The maximum absolute atomic E-state index is 13.4. The molecule has 8 nitrogen and oxygen atoms in total. The summed E-state index contributed by atoms with van der Waals surface area (Å²) in [7, 11) is -3.78. The summed E-state index contributed by atoms with van der Waals surface area (Å²) < 4.78 is 23.0. The van der Waals surface area contributed by atoms with Crippen molar-refractivity contribution in [1.82, 2.24) is 4.90 Å². The van der Waals surface area contributed by atoms with E-state index in [0.29, 0.717) is 29.5 Å². The van der Waals surface area contributed by atoms with Gasteiger partial charge < -0.3 is 10.2 Å². The summed E-state index contributed by atoms with van der Waals surface area (Å²) in [4.78, 5) is 29.4. The molecule has 0 bridgehead atoms. The Balaban J connectivity index is 1.54. The molecule has 3 N–H and O–H groups in total. The number of benzene rings is 3. The highest BCUT2D eigenvalue weighted by Gasteiger charge is 2.43. The van der Waals surface area contributed by atoms with Crippen molar-refractivity contribution in [3.63, 3.8) is 0 Å². The van der Waals surface area contributed by atoms with E-state index in [4.69, 9.17) is 17.4 Å². The molecule has 1 heterocycles. The molecule has 180 valence electrons. The van der Waals surface area contributed by atoms with E-state index in [-0.39, 0.29) is 23.1 Å². The molecule has 0 unspecified atom stereocenters. The summed E-state index contributed by atoms with van der Waals surface area (Å²) in [5.74, 6) is -0.566. The Morgan fingerprint density at radius 1 is 0.943 bits per heavy atom. The van der Waals surface area contributed by atoms with Crippen LogP contribution in [0.5, 0.6) is 0 Å². The Bertz CT molecular complexity index is 1330. The molecular formula is C25H24N4O4S2. The number of nitrogens with two attached hydrogens (primary N) is 1. The van der Waals surface area contributed by atoms with Gasteiger partial charge in [-0.2, -0.15) is 0 Å². The number of amides is 2. The highest BCUT2D eigenvalue weighted by molar-refractivity contribution is 7.89. The van der Waals surface area contributed by atoms with Crippen molar-refractivity contribution in [3.8, 4) is 0 Å². The van der Waals surface area contributed by atoms with Crippen LogP contribution in [0.1, 0.15) is 12.0 Å². The Hall–Kier alpha value is -3.60. The van der Waals surface area contributed by atoms with Gasteiger partial charge in [0.25, 0.3) is 5.91 Å². The lowest BCUT2D eigenvalue weighted by Crippen LogP contribution is -2.39. The predicted octanol–water partition coefficient (Wildman–Crippen LogP) is 2.91. The zero-order valence-electron chi connectivity index (χ0n) is 18.7. The molecule has 35 heavy (non-hydrogen) atoms. The lowest BCUT2D eigenvalue weighted by Gasteiger charge is -2.24. The summed E-state index contributed by atoms with van der Waals surface area (Å²) in [6, 6.07) is 23.6. The first kappa shape index (κ1) is 24.5. The molecule has 3 aromatic carbocycles. The number of hydrogen-bond donors (Lipinski definition) is 2. The monoisotopic (exact) mass is 508 g/mol. The number of para-hydroxylation sites is 2. The summed E-state index contributed by atoms with van der Waals surface area (Å²) >= 11 is 5.67. The zero-order valence-corrected chi connectivity index (χ0v) is 20.3. The van der Waals surface area contributed by atoms with E-state index >= 15 is 0 Å². The first-order valence-electron chi connectivity index (χ1n) is 10.9. The molecule has 0 radical (unpaired) electrons. The van der Waals surface area contributed by atoms with E-state index in [1.54, 1.807) is 41.3 Å². The number of hydrogen-bond acceptors (Lipinski definition) is 5. The standard InChI is InChI=1S/C25H24N4O4S2/c26-35(32,33)21-13-11-18(12-14-21)15-16-28-22(17-23(30)27-19-7-3-1-4-8-19)24(31)29(25(28)34)20-9-5-2-6-10-20/h1-14,22H,15-17H2,(H,27,30)(H2,26,32,33)/t22-/m1/s1. The van der Waals surface area contributed by atoms with Gasteiger partial charge in [-0.05, 0) is 60.6 Å². The number of carbonyl (C=O) groups excluding carboxylic acids is 2. The second-order valence-corrected chi connectivity index (χ2v) is 9.98. The Labute approximate surface area is 209 Å². The van der Waals surface area contributed by atoms with Crippen LogP contribution in [-0.2, 0) is 26.0 Å². The van der Waals surface area contributed by atoms with Crippen LogP contribution in [0.2, 0.25) is 0 Å². The van der Waals surface area contributed by atoms with Crippen LogP contribution in [-0.4, -0.2) is 42.8 Å². The fourth-order valence-electron chi connectivity index (χ4n) is 3.91. The summed E-state index contributed by atoms with van der Waals surface area (Å²) in [6.07, 6.45) is 0.416. The quantitative estimate of drug-likeness (QED) is 0.453. The lowest BCUT2D eigenvalue weighted by molar-refractivity contribution is -0.124. The smallest absolute Gasteiger partial charge is 0.256 e. The van der Waals surface area contributed by atoms with Gasteiger partial charge in [0.1, 0.15) is 6.04 Å². The number of carbonyl (C=O) groups is 2. The second kappa shape index (κ2) is 10.3. The molecule has 4 rings (SSSR count). The molecular weight excluding hydrogens is 484 g/mol. The SMILES string of the molecule is NS(=O)(=O)c1ccc(CCN2C(=S)N(c3ccccc3)C(=O)[C@H]2CC(=O)Nc2ccccc2)cc1. The van der Waals surface area contributed by atoms with Crippen LogP contribution in [0.15, 0.2) is 89.8 Å². The van der Waals surface area contributed by atoms with Crippen molar-refractivity contribution in [1.29, 1.82) is 0 Å². The van der Waals surface area contributed by atoms with Crippen LogP contribution in [0.4, 0.5) is 11.4 Å². The zero-order chi connectivity index (χ0) is 25.0. The Morgan fingerprint density at radius 3 is 2.14 bits per heavy atom. The van der Waals surface area contributed by atoms with Gasteiger partial charge in [0.15, 0.2) is 5.11 Å². The third-order valence-corrected chi connectivity index (χ3v) is 7.01. The Kier molecular flexibility index (Phi) is 7.25. The van der Waals surface area contributed by atoms with Gasteiger partial charge in [0.05, 0.1) is 17.0 Å². The van der Waals surface area contributed by atoms with Gasteiger partial charge in [-0.25, -0.2) is 13.6 Å². The van der Waals surface area contributed by atoms with Crippen LogP contribution in [0, 0.1) is 0 Å². The van der Waals surface area contributed by atoms with Crippen molar-refractivity contribution >= 4 is 50.5 Å². The molecule has 0 aromatic heterocycles. The highest BCUT2D eigenvalue weighted by Crippen LogP contribution is 2.27. The topological polar surface area (TPSA) is 113 Å². The minimum absolute atomic E-state index is 0.0267. The van der Waals surface area contributed by atoms with Crippen molar-refractivity contribution in [2.24, 2.45) is 5.14 Å². The molecule has 1 aliphatic rings. The summed E-state index contributed by atoms with van der Waals surface area (Å²) in [5, 5.41) is 8.31. The van der Waals surface area contributed by atoms with Crippen LogP contribution in [0.25, 0.3) is 0 Å². The van der Waals surface area contributed by atoms with E-state index in [1.165, 1.54) is 17.0 Å². The highest BCUT2D eigenvalue weighted by atomic mass is 32.2. The van der Waals surface area contributed by atoms with Crippen molar-refractivity contribution in [2.45, 2.75) is 23.8 Å². The minimum Gasteiger partial charge on any atom is -0.336 e. The first-order chi connectivity index (χ1) is 16.7. The average molecular weight is 509 g/mol. The van der Waals surface area contributed by atoms with Gasteiger partial charge in [-0.3, -0.25) is 14.5 Å². The third-order valence-electron chi connectivity index (χ3n) is 5.66. The van der Waals surface area contributed by atoms with E-state index in [2.05, 4.69) is 5.32 Å². The van der Waals surface area contributed by atoms with Crippen LogP contribution in [0.3, 0.4) is 0 Å². The normalized spacial score (nSPS) is 16.0. The molecule has 0 spiro atoms. The molecule has 1 fully saturated rings. The van der Waals surface area contributed by atoms with E-state index < -0.39 is 16.1 Å². The van der Waals surface area contributed by atoms with E-state index in [1.807, 2.05) is 36.4 Å². The van der Waals surface area contributed by atoms with Crippen molar-refractivity contribution in [2.75, 3.05) is 16.8 Å². The molecule has 0 aliphatic carbocycles. The molecule has 10 heteroatoms.